The van der Waals surface area contributed by atoms with Gasteiger partial charge in [-0.25, -0.2) is 46.6 Å². The van der Waals surface area contributed by atoms with Gasteiger partial charge in [0.15, 0.2) is 41.1 Å². The minimum atomic E-state index is -3.49. The minimum absolute atomic E-state index is 0.0171. The quantitative estimate of drug-likeness (QED) is 0.112. The Morgan fingerprint density at radius 3 is 0.989 bits per heavy atom. The molecule has 1 atom stereocenters. The molecule has 0 N–H and O–H groups in total. The van der Waals surface area contributed by atoms with E-state index in [9.17, 15) is 33.7 Å². The van der Waals surface area contributed by atoms with Gasteiger partial charge in [0.2, 0.25) is 10.0 Å². The van der Waals surface area contributed by atoms with E-state index in [2.05, 4.69) is 20.0 Å². The van der Waals surface area contributed by atoms with Crippen LogP contribution in [-0.2, 0) is 53.2 Å². The van der Waals surface area contributed by atoms with Crippen molar-refractivity contribution >= 4 is 194 Å². The molecule has 32 heteroatoms. The van der Waals surface area contributed by atoms with Crippen molar-refractivity contribution < 1.29 is 33.7 Å². The maximum atomic E-state index is 12.7. The summed E-state index contributed by atoms with van der Waals surface area (Å²) in [5.41, 5.74) is 3.93. The third-order valence-electron chi connectivity index (χ3n) is 13.2. The van der Waals surface area contributed by atoms with Crippen molar-refractivity contribution in [3.63, 3.8) is 0 Å². The van der Waals surface area contributed by atoms with Crippen LogP contribution in [0.2, 0.25) is 0 Å². The predicted molar refractivity (Wildman–Crippen MR) is 405 cm³/mol. The molecule has 5 aromatic carbocycles. The Kier molecular flexibility index (Phi) is 27.9. The van der Waals surface area contributed by atoms with E-state index in [1.54, 1.807) is 98.7 Å². The van der Waals surface area contributed by atoms with E-state index in [0.717, 1.165) is 11.1 Å². The molecule has 0 saturated carbocycles. The van der Waals surface area contributed by atoms with E-state index in [1.807, 2.05) is 149 Å². The molecule has 4 saturated heterocycles. The average molecular weight is 1480 g/mol. The van der Waals surface area contributed by atoms with Gasteiger partial charge in [-0.2, -0.15) is 20.0 Å². The molecular formula is C60H76N12O8S12. The van der Waals surface area contributed by atoms with Crippen LogP contribution in [0.25, 0.3) is 0 Å². The molecule has 0 aromatic heterocycles. The van der Waals surface area contributed by atoms with Crippen LogP contribution in [0.3, 0.4) is 0 Å². The highest BCUT2D eigenvalue weighted by Crippen LogP contribution is 2.36. The maximum absolute atomic E-state index is 12.7. The molecule has 92 heavy (non-hydrogen) atoms. The SMILES string of the molecule is CC(C)N(C(=S)N=C1SC(C)S(=O)(=O)N1C)C(C)C.CC(C)N(C(=S)N=C1SCS(=O)(=O)N1c1ccccc1)C(C)C.CN(C)C(=S)N=C1SCS(=O)(=O)N1c1ccccc1.O=S1(=O)CSC(=NC(=S)N(Cc2ccccc2)Cc2ccccc2)N1c1ccccc1. The van der Waals surface area contributed by atoms with E-state index in [4.69, 9.17) is 48.9 Å². The lowest BCUT2D eigenvalue weighted by atomic mass is 10.2. The Hall–Kier alpha value is -5.26. The van der Waals surface area contributed by atoms with Crippen LogP contribution >= 0.6 is 95.9 Å². The molecule has 496 valence electrons. The van der Waals surface area contributed by atoms with Gasteiger partial charge in [-0.05, 0) is 159 Å². The summed E-state index contributed by atoms with van der Waals surface area (Å²) in [6.07, 6.45) is 0. The molecule has 20 nitrogen and oxygen atoms in total. The lowest BCUT2D eigenvalue weighted by Gasteiger charge is -2.31. The van der Waals surface area contributed by atoms with E-state index < -0.39 is 44.7 Å². The number of nitrogens with zero attached hydrogens (tertiary/aromatic N) is 12. The highest BCUT2D eigenvalue weighted by Gasteiger charge is 2.41. The molecule has 4 aliphatic heterocycles. The molecule has 0 spiro atoms. The predicted octanol–water partition coefficient (Wildman–Crippen LogP) is 12.0. The molecule has 4 aliphatic rings. The fourth-order valence-corrected chi connectivity index (χ4v) is 22.5. The molecule has 0 aliphatic carbocycles. The average Bonchev–Trinajstić information content (AvgIpc) is 1.76. The van der Waals surface area contributed by atoms with Crippen molar-refractivity contribution in [2.75, 3.05) is 49.3 Å². The molecule has 0 bridgehead atoms. The Morgan fingerprint density at radius 1 is 0.446 bits per heavy atom. The second-order valence-corrected chi connectivity index (χ2v) is 36.5. The number of sulfonamides is 4. The number of amidine groups is 4. The Morgan fingerprint density at radius 2 is 0.717 bits per heavy atom. The van der Waals surface area contributed by atoms with Gasteiger partial charge in [-0.15, -0.1) is 0 Å². The van der Waals surface area contributed by atoms with Crippen LogP contribution < -0.4 is 12.9 Å². The summed E-state index contributed by atoms with van der Waals surface area (Å²) >= 11 is 26.3. The van der Waals surface area contributed by atoms with Gasteiger partial charge in [0.05, 0.1) is 17.1 Å². The molecular weight excluding hydrogens is 1400 g/mol. The number of hydrogen-bond donors (Lipinski definition) is 0. The van der Waals surface area contributed by atoms with Gasteiger partial charge in [0.25, 0.3) is 30.1 Å². The molecule has 5 aromatic rings. The summed E-state index contributed by atoms with van der Waals surface area (Å²) in [5, 5.41) is 3.08. The largest absolute Gasteiger partial charge is 0.354 e. The number of thioether (sulfide) groups is 4. The lowest BCUT2D eigenvalue weighted by molar-refractivity contribution is 0.294. The second kappa shape index (κ2) is 33.9. The van der Waals surface area contributed by atoms with Gasteiger partial charge >= 0.3 is 0 Å². The third-order valence-corrected chi connectivity index (χ3v) is 28.2. The normalized spacial score (nSPS) is 19.4. The summed E-state index contributed by atoms with van der Waals surface area (Å²) in [6.45, 7) is 19.1. The van der Waals surface area contributed by atoms with Crippen molar-refractivity contribution in [2.24, 2.45) is 20.0 Å². The highest BCUT2D eigenvalue weighted by molar-refractivity contribution is 8.28. The minimum Gasteiger partial charge on any atom is -0.354 e. The summed E-state index contributed by atoms with van der Waals surface area (Å²) in [4.78, 5) is 25.2. The number of thiocarbonyl (C=S) groups is 4. The summed E-state index contributed by atoms with van der Waals surface area (Å²) < 4.78 is 103. The maximum Gasteiger partial charge on any atom is 0.250 e. The summed E-state index contributed by atoms with van der Waals surface area (Å²) in [7, 11) is -8.50. The molecule has 0 radical (unpaired) electrons. The van der Waals surface area contributed by atoms with E-state index in [1.165, 1.54) is 71.3 Å². The smallest absolute Gasteiger partial charge is 0.250 e. The molecule has 4 heterocycles. The molecule has 1 unspecified atom stereocenters. The van der Waals surface area contributed by atoms with Crippen LogP contribution in [0.1, 0.15) is 73.4 Å². The summed E-state index contributed by atoms with van der Waals surface area (Å²) in [5.74, 6) is 0. The number of benzene rings is 5. The number of rotatable bonds is 11. The standard InChI is InChI=1S/C23H21N3O2S3.C15H21N3O2S3.C11H13N3O2S3.C11H21N3O2S3/c27-31(28)18-30-23(26(31)21-14-8-3-9-15-21)24-22(29)25(16-19-10-4-1-5-11-19)17-20-12-6-2-7-13-20;1-11(2)17(12(3)4)14(21)16-15-18(23(19,20)10-22-15)13-8-6-5-7-9-13;1-13(2)10(17)12-11-14(19(15,16)8-18-11)9-6-4-3-5-7-9;1-7(2)14(8(3)4)10(17)12-11-13(6)19(15,16)9(5)18-11/h1-15H,16-18H2;5-9,11-12H,10H2,1-4H3;3-7H,8H2,1-2H3;7-9H,1-6H3. The van der Waals surface area contributed by atoms with Crippen LogP contribution in [0.15, 0.2) is 172 Å². The lowest BCUT2D eigenvalue weighted by Crippen LogP contribution is -2.41. The molecule has 0 amide bonds. The number of anilines is 3. The number of aliphatic imine (C=N–C) groups is 4. The van der Waals surface area contributed by atoms with Crippen molar-refractivity contribution in [3.05, 3.63) is 163 Å². The van der Waals surface area contributed by atoms with E-state index in [-0.39, 0.29) is 39.4 Å². The first-order chi connectivity index (χ1) is 43.3. The van der Waals surface area contributed by atoms with Gasteiger partial charge in [0.1, 0.15) is 19.8 Å². The fourth-order valence-electron chi connectivity index (χ4n) is 9.01. The first kappa shape index (κ1) is 75.8. The zero-order valence-electron chi connectivity index (χ0n) is 52.9. The molecule has 9 rings (SSSR count). The first-order valence-corrected chi connectivity index (χ1v) is 40.4. The van der Waals surface area contributed by atoms with E-state index >= 15 is 0 Å². The van der Waals surface area contributed by atoms with Crippen molar-refractivity contribution in [1.29, 1.82) is 0 Å². The monoisotopic (exact) mass is 1480 g/mol. The van der Waals surface area contributed by atoms with Crippen molar-refractivity contribution in [2.45, 2.75) is 104 Å². The van der Waals surface area contributed by atoms with E-state index in [0.29, 0.717) is 71.3 Å². The Bertz CT molecular complexity index is 3910. The van der Waals surface area contributed by atoms with Gasteiger partial charge < -0.3 is 19.6 Å². The topological polar surface area (TPSA) is 212 Å². The van der Waals surface area contributed by atoms with Gasteiger partial charge in [-0.1, -0.05) is 162 Å². The van der Waals surface area contributed by atoms with Crippen LogP contribution in [0.5, 0.6) is 0 Å². The van der Waals surface area contributed by atoms with Crippen LogP contribution in [-0.4, -0.2) is 164 Å². The van der Waals surface area contributed by atoms with Crippen molar-refractivity contribution in [3.8, 4) is 0 Å². The second-order valence-electron chi connectivity index (χ2n) is 21.7. The van der Waals surface area contributed by atoms with Gasteiger partial charge in [-0.3, -0.25) is 4.31 Å². The Balaban J connectivity index is 0.000000199. The third kappa shape index (κ3) is 20.4. The molecule has 4 fully saturated rings. The van der Waals surface area contributed by atoms with Crippen LogP contribution in [0.4, 0.5) is 17.1 Å². The fraction of sp³-hybridized carbons (Fsp3) is 0.367. The zero-order valence-corrected chi connectivity index (χ0v) is 62.7. The van der Waals surface area contributed by atoms with Crippen LogP contribution in [0, 0.1) is 0 Å². The van der Waals surface area contributed by atoms with Gasteiger partial charge in [0, 0.05) is 58.4 Å². The zero-order chi connectivity index (χ0) is 67.9. The number of para-hydroxylation sites is 3. The first-order valence-electron chi connectivity index (χ1n) is 28.6. The summed E-state index contributed by atoms with van der Waals surface area (Å²) in [6, 6.07) is 47.7. The Labute approximate surface area is 582 Å². The highest BCUT2D eigenvalue weighted by atomic mass is 32.3. The number of hydrogen-bond acceptors (Lipinski definition) is 16. The van der Waals surface area contributed by atoms with Crippen molar-refractivity contribution in [1.82, 2.24) is 23.9 Å².